The van der Waals surface area contributed by atoms with Crippen molar-refractivity contribution in [2.24, 2.45) is 5.92 Å². The van der Waals surface area contributed by atoms with Crippen molar-refractivity contribution in [3.63, 3.8) is 0 Å². The Balaban J connectivity index is 0. The lowest BCUT2D eigenvalue weighted by Crippen LogP contribution is -3.00. The predicted octanol–water partition coefficient (Wildman–Crippen LogP) is -0.477. The van der Waals surface area contributed by atoms with Gasteiger partial charge in [0.25, 0.3) is 0 Å². The summed E-state index contributed by atoms with van der Waals surface area (Å²) in [5.74, 6) is 0.829. The Hall–Kier alpha value is 0.440. The van der Waals surface area contributed by atoms with E-state index < -0.39 is 0 Å². The van der Waals surface area contributed by atoms with E-state index in [0.29, 0.717) is 0 Å². The average molecular weight is 238 g/mol. The topological polar surface area (TPSA) is 0 Å². The predicted molar refractivity (Wildman–Crippen MR) is 51.6 cm³/mol. The van der Waals surface area contributed by atoms with Crippen molar-refractivity contribution in [1.29, 1.82) is 0 Å². The van der Waals surface area contributed by atoms with E-state index in [1.54, 1.807) is 0 Å². The van der Waals surface area contributed by atoms with Crippen LogP contribution in [-0.4, -0.2) is 30.7 Å². The smallest absolute Gasteiger partial charge is 0.0809 e. The highest BCUT2D eigenvalue weighted by molar-refractivity contribution is 4.44. The Morgan fingerprint density at radius 2 is 1.25 bits per heavy atom. The Morgan fingerprint density at radius 1 is 0.917 bits per heavy atom. The van der Waals surface area contributed by atoms with Gasteiger partial charge in [0.15, 0.2) is 0 Å². The average Bonchev–Trinajstić information content (AvgIpc) is 2.00. The molecule has 0 aliphatic rings. The molecule has 0 fully saturated rings. The molecule has 0 aliphatic carbocycles. The number of hydrogen-bond donors (Lipinski definition) is 0. The molecule has 0 rings (SSSR count). The highest BCUT2D eigenvalue weighted by atomic mass is 79.9. The van der Waals surface area contributed by atoms with Crippen LogP contribution in [0.3, 0.4) is 0 Å². The summed E-state index contributed by atoms with van der Waals surface area (Å²) in [5, 5.41) is 0. The minimum absolute atomic E-state index is 0. The molecule has 0 amide bonds. The SMILES string of the molecule is CC[N+](CC)(CC)CC(C)C.[Br-]. The molecule has 0 atom stereocenters. The zero-order chi connectivity index (χ0) is 8.91. The maximum atomic E-state index is 2.31. The third kappa shape index (κ3) is 4.46. The fraction of sp³-hybridized carbons (Fsp3) is 1.00. The maximum absolute atomic E-state index is 2.31. The van der Waals surface area contributed by atoms with Crippen LogP contribution in [0.5, 0.6) is 0 Å². The molecule has 0 N–H and O–H groups in total. The molecule has 0 aromatic carbocycles. The Bertz CT molecular complexity index is 89.7. The minimum atomic E-state index is 0. The summed E-state index contributed by atoms with van der Waals surface area (Å²) in [5.41, 5.74) is 0. The zero-order valence-corrected chi connectivity index (χ0v) is 10.8. The van der Waals surface area contributed by atoms with Crippen molar-refractivity contribution in [3.05, 3.63) is 0 Å². The third-order valence-electron chi connectivity index (χ3n) is 2.76. The van der Waals surface area contributed by atoms with Gasteiger partial charge in [-0.05, 0) is 20.8 Å². The van der Waals surface area contributed by atoms with Crippen LogP contribution in [0.25, 0.3) is 0 Å². The zero-order valence-electron chi connectivity index (χ0n) is 9.23. The maximum Gasteiger partial charge on any atom is 0.0809 e. The highest BCUT2D eigenvalue weighted by Gasteiger charge is 2.21. The summed E-state index contributed by atoms with van der Waals surface area (Å²) in [6, 6.07) is 0. The van der Waals surface area contributed by atoms with Crippen molar-refractivity contribution in [3.8, 4) is 0 Å². The van der Waals surface area contributed by atoms with E-state index in [-0.39, 0.29) is 17.0 Å². The Morgan fingerprint density at radius 3 is 1.33 bits per heavy atom. The van der Waals surface area contributed by atoms with Gasteiger partial charge in [0.1, 0.15) is 0 Å². The normalized spacial score (nSPS) is 11.5. The Kier molecular flexibility index (Phi) is 8.59. The van der Waals surface area contributed by atoms with Crippen molar-refractivity contribution < 1.29 is 21.5 Å². The quantitative estimate of drug-likeness (QED) is 0.568. The molecule has 0 aromatic rings. The lowest BCUT2D eigenvalue weighted by Gasteiger charge is -2.37. The first-order valence-electron chi connectivity index (χ1n) is 4.95. The summed E-state index contributed by atoms with van der Waals surface area (Å²) in [6.45, 7) is 16.7. The molecule has 76 valence electrons. The highest BCUT2D eigenvalue weighted by Crippen LogP contribution is 2.09. The fourth-order valence-electron chi connectivity index (χ4n) is 1.83. The fourth-order valence-corrected chi connectivity index (χ4v) is 1.83. The second kappa shape index (κ2) is 6.90. The molecule has 0 saturated heterocycles. The van der Waals surface area contributed by atoms with E-state index in [1.807, 2.05) is 0 Å². The van der Waals surface area contributed by atoms with Gasteiger partial charge in [-0.25, -0.2) is 0 Å². The van der Waals surface area contributed by atoms with Gasteiger partial charge in [0.05, 0.1) is 26.2 Å². The second-order valence-electron chi connectivity index (χ2n) is 3.87. The van der Waals surface area contributed by atoms with Crippen molar-refractivity contribution in [1.82, 2.24) is 0 Å². The summed E-state index contributed by atoms with van der Waals surface area (Å²) >= 11 is 0. The van der Waals surface area contributed by atoms with Crippen molar-refractivity contribution >= 4 is 0 Å². The first-order chi connectivity index (χ1) is 5.10. The summed E-state index contributed by atoms with van der Waals surface area (Å²) < 4.78 is 1.29. The van der Waals surface area contributed by atoms with Gasteiger partial charge < -0.3 is 21.5 Å². The van der Waals surface area contributed by atoms with Crippen LogP contribution < -0.4 is 17.0 Å². The van der Waals surface area contributed by atoms with Crippen LogP contribution in [0, 0.1) is 5.92 Å². The van der Waals surface area contributed by atoms with Crippen molar-refractivity contribution in [2.75, 3.05) is 26.2 Å². The van der Waals surface area contributed by atoms with Gasteiger partial charge in [-0.3, -0.25) is 0 Å². The van der Waals surface area contributed by atoms with E-state index >= 15 is 0 Å². The molecule has 0 unspecified atom stereocenters. The van der Waals surface area contributed by atoms with Crippen molar-refractivity contribution in [2.45, 2.75) is 34.6 Å². The van der Waals surface area contributed by atoms with Crippen LogP contribution in [-0.2, 0) is 0 Å². The van der Waals surface area contributed by atoms with E-state index in [1.165, 1.54) is 30.7 Å². The third-order valence-corrected chi connectivity index (χ3v) is 2.76. The molecule has 0 saturated carbocycles. The first-order valence-corrected chi connectivity index (χ1v) is 4.95. The minimum Gasteiger partial charge on any atom is -1.00 e. The summed E-state index contributed by atoms with van der Waals surface area (Å²) in [4.78, 5) is 0. The molecule has 12 heavy (non-hydrogen) atoms. The number of hydrogen-bond acceptors (Lipinski definition) is 0. The number of halogens is 1. The van der Waals surface area contributed by atoms with E-state index in [2.05, 4.69) is 34.6 Å². The standard InChI is InChI=1S/C10H24N.BrH/c1-6-11(7-2,8-3)9-10(4)5;/h10H,6-9H2,1-5H3;1H/q+1;/p-1. The first kappa shape index (κ1) is 14.9. The molecule has 0 heterocycles. The lowest BCUT2D eigenvalue weighted by molar-refractivity contribution is -0.926. The van der Waals surface area contributed by atoms with Gasteiger partial charge in [-0.1, -0.05) is 13.8 Å². The molecule has 0 spiro atoms. The molecular weight excluding hydrogens is 214 g/mol. The molecule has 0 aliphatic heterocycles. The summed E-state index contributed by atoms with van der Waals surface area (Å²) in [6.07, 6.45) is 0. The monoisotopic (exact) mass is 237 g/mol. The van der Waals surface area contributed by atoms with Crippen LogP contribution in [0.2, 0.25) is 0 Å². The van der Waals surface area contributed by atoms with Gasteiger partial charge in [-0.2, -0.15) is 0 Å². The number of quaternary nitrogens is 1. The van der Waals surface area contributed by atoms with Gasteiger partial charge in [0, 0.05) is 5.92 Å². The van der Waals surface area contributed by atoms with Crippen LogP contribution in [0.1, 0.15) is 34.6 Å². The van der Waals surface area contributed by atoms with Gasteiger partial charge in [0.2, 0.25) is 0 Å². The molecule has 0 radical (unpaired) electrons. The second-order valence-corrected chi connectivity index (χ2v) is 3.87. The summed E-state index contributed by atoms with van der Waals surface area (Å²) in [7, 11) is 0. The molecular formula is C10H24BrN. The van der Waals surface area contributed by atoms with Gasteiger partial charge in [-0.15, -0.1) is 0 Å². The van der Waals surface area contributed by atoms with Crippen LogP contribution in [0.15, 0.2) is 0 Å². The van der Waals surface area contributed by atoms with Gasteiger partial charge >= 0.3 is 0 Å². The Labute approximate surface area is 88.5 Å². The lowest BCUT2D eigenvalue weighted by atomic mass is 10.1. The molecule has 0 bridgehead atoms. The number of rotatable bonds is 5. The largest absolute Gasteiger partial charge is 1.00 e. The van der Waals surface area contributed by atoms with E-state index in [9.17, 15) is 0 Å². The number of nitrogens with zero attached hydrogens (tertiary/aromatic N) is 1. The van der Waals surface area contributed by atoms with Crippen LogP contribution in [0.4, 0.5) is 0 Å². The molecule has 2 heteroatoms. The van der Waals surface area contributed by atoms with E-state index in [0.717, 1.165) is 5.92 Å². The molecule has 0 aromatic heterocycles. The van der Waals surface area contributed by atoms with Crippen LogP contribution >= 0.6 is 0 Å². The molecule has 1 nitrogen and oxygen atoms in total. The van der Waals surface area contributed by atoms with E-state index in [4.69, 9.17) is 0 Å².